The molecule has 8 heteroatoms. The average Bonchev–Trinajstić information content (AvgIpc) is 2.58. The van der Waals surface area contributed by atoms with Crippen LogP contribution in [-0.4, -0.2) is 59.3 Å². The molecule has 1 aliphatic heterocycles. The maximum atomic E-state index is 12.6. The van der Waals surface area contributed by atoms with E-state index in [4.69, 9.17) is 9.47 Å². The molecule has 0 aliphatic carbocycles. The number of hydrogen-bond acceptors (Lipinski definition) is 5. The molecule has 1 heterocycles. The van der Waals surface area contributed by atoms with Crippen LogP contribution in [0.3, 0.4) is 0 Å². The van der Waals surface area contributed by atoms with E-state index in [1.807, 2.05) is 0 Å². The summed E-state index contributed by atoms with van der Waals surface area (Å²) in [5.41, 5.74) is 0.324. The summed E-state index contributed by atoms with van der Waals surface area (Å²) < 4.78 is 36.1. The lowest BCUT2D eigenvalue weighted by molar-refractivity contribution is -0.130. The van der Waals surface area contributed by atoms with Crippen LogP contribution >= 0.6 is 0 Å². The SMILES string of the molecule is COc1ccc(N(CC(=O)N2CCC(C)CC2)S(C)(=O)=O)c(OC)c1. The monoisotopic (exact) mass is 370 g/mol. The third kappa shape index (κ3) is 4.78. The Balaban J connectivity index is 2.27. The maximum absolute atomic E-state index is 12.6. The van der Waals surface area contributed by atoms with E-state index in [1.165, 1.54) is 14.2 Å². The lowest BCUT2D eigenvalue weighted by Crippen LogP contribution is -2.45. The van der Waals surface area contributed by atoms with Crippen molar-refractivity contribution in [2.75, 3.05) is 44.4 Å². The number of methoxy groups -OCH3 is 2. The van der Waals surface area contributed by atoms with Crippen molar-refractivity contribution < 1.29 is 22.7 Å². The van der Waals surface area contributed by atoms with Gasteiger partial charge >= 0.3 is 0 Å². The minimum Gasteiger partial charge on any atom is -0.497 e. The van der Waals surface area contributed by atoms with Gasteiger partial charge in [-0.15, -0.1) is 0 Å². The molecule has 1 saturated heterocycles. The Labute approximate surface area is 149 Å². The Morgan fingerprint density at radius 3 is 2.40 bits per heavy atom. The van der Waals surface area contributed by atoms with Gasteiger partial charge in [0.05, 0.1) is 26.2 Å². The van der Waals surface area contributed by atoms with E-state index in [9.17, 15) is 13.2 Å². The molecule has 1 aromatic carbocycles. The smallest absolute Gasteiger partial charge is 0.243 e. The van der Waals surface area contributed by atoms with E-state index in [1.54, 1.807) is 23.1 Å². The van der Waals surface area contributed by atoms with Gasteiger partial charge in [-0.25, -0.2) is 8.42 Å². The summed E-state index contributed by atoms with van der Waals surface area (Å²) in [6.07, 6.45) is 2.97. The van der Waals surface area contributed by atoms with Gasteiger partial charge < -0.3 is 14.4 Å². The quantitative estimate of drug-likeness (QED) is 0.762. The molecular formula is C17H26N2O5S. The molecule has 1 amide bonds. The summed E-state index contributed by atoms with van der Waals surface area (Å²) in [5, 5.41) is 0. The summed E-state index contributed by atoms with van der Waals surface area (Å²) >= 11 is 0. The molecule has 1 aromatic rings. The predicted molar refractivity (Wildman–Crippen MR) is 96.7 cm³/mol. The number of anilines is 1. The van der Waals surface area contributed by atoms with E-state index in [2.05, 4.69) is 6.92 Å². The molecule has 0 spiro atoms. The molecule has 140 valence electrons. The number of carbonyl (C=O) groups is 1. The molecule has 2 rings (SSSR count). The number of sulfonamides is 1. The molecular weight excluding hydrogens is 344 g/mol. The van der Waals surface area contributed by atoms with Crippen LogP contribution in [-0.2, 0) is 14.8 Å². The largest absolute Gasteiger partial charge is 0.497 e. The fraction of sp³-hybridized carbons (Fsp3) is 0.588. The topological polar surface area (TPSA) is 76.2 Å². The number of rotatable bonds is 6. The Bertz CT molecular complexity index is 712. The second kappa shape index (κ2) is 7.95. The summed E-state index contributed by atoms with van der Waals surface area (Å²) in [4.78, 5) is 14.3. The number of hydrogen-bond donors (Lipinski definition) is 0. The molecule has 0 radical (unpaired) electrons. The van der Waals surface area contributed by atoms with Gasteiger partial charge in [0.2, 0.25) is 15.9 Å². The minimum absolute atomic E-state index is 0.199. The zero-order chi connectivity index (χ0) is 18.6. The second-order valence-corrected chi connectivity index (χ2v) is 8.28. The lowest BCUT2D eigenvalue weighted by atomic mass is 9.99. The molecule has 0 atom stereocenters. The Morgan fingerprint density at radius 2 is 1.88 bits per heavy atom. The Kier molecular flexibility index (Phi) is 6.16. The highest BCUT2D eigenvalue weighted by atomic mass is 32.2. The third-order valence-corrected chi connectivity index (χ3v) is 5.60. The van der Waals surface area contributed by atoms with E-state index >= 15 is 0 Å². The maximum Gasteiger partial charge on any atom is 0.243 e. The number of carbonyl (C=O) groups excluding carboxylic acids is 1. The lowest BCUT2D eigenvalue weighted by Gasteiger charge is -2.32. The number of nitrogens with zero attached hydrogens (tertiary/aromatic N) is 2. The van der Waals surface area contributed by atoms with Gasteiger partial charge in [-0.2, -0.15) is 0 Å². The first-order valence-corrected chi connectivity index (χ1v) is 10.1. The number of ether oxygens (including phenoxy) is 2. The van der Waals surface area contributed by atoms with E-state index < -0.39 is 10.0 Å². The molecule has 25 heavy (non-hydrogen) atoms. The molecule has 0 N–H and O–H groups in total. The minimum atomic E-state index is -3.65. The van der Waals surface area contributed by atoms with Crippen molar-refractivity contribution in [2.45, 2.75) is 19.8 Å². The fourth-order valence-corrected chi connectivity index (χ4v) is 3.71. The zero-order valence-corrected chi connectivity index (χ0v) is 16.0. The van der Waals surface area contributed by atoms with Crippen molar-refractivity contribution in [3.63, 3.8) is 0 Å². The molecule has 1 fully saturated rings. The number of piperidine rings is 1. The predicted octanol–water partition coefficient (Wildman–Crippen LogP) is 1.73. The molecule has 0 bridgehead atoms. The zero-order valence-electron chi connectivity index (χ0n) is 15.2. The van der Waals surface area contributed by atoms with Gasteiger partial charge in [0, 0.05) is 19.2 Å². The highest BCUT2D eigenvalue weighted by Gasteiger charge is 2.28. The first-order valence-electron chi connectivity index (χ1n) is 8.23. The van der Waals surface area contributed by atoms with Crippen LogP contribution in [0.15, 0.2) is 18.2 Å². The first kappa shape index (κ1) is 19.4. The van der Waals surface area contributed by atoms with Crippen LogP contribution in [0.1, 0.15) is 19.8 Å². The summed E-state index contributed by atoms with van der Waals surface area (Å²) in [6, 6.07) is 4.83. The highest BCUT2D eigenvalue weighted by Crippen LogP contribution is 2.33. The average molecular weight is 370 g/mol. The molecule has 0 unspecified atom stereocenters. The number of benzene rings is 1. The Hall–Kier alpha value is -1.96. The third-order valence-electron chi connectivity index (χ3n) is 4.47. The summed E-state index contributed by atoms with van der Waals surface area (Å²) in [5.74, 6) is 1.28. The van der Waals surface area contributed by atoms with Crippen LogP contribution < -0.4 is 13.8 Å². The van der Waals surface area contributed by atoms with Gasteiger partial charge in [-0.3, -0.25) is 9.10 Å². The van der Waals surface area contributed by atoms with Crippen molar-refractivity contribution >= 4 is 21.6 Å². The van der Waals surface area contributed by atoms with Crippen LogP contribution in [0.4, 0.5) is 5.69 Å². The summed E-state index contributed by atoms with van der Waals surface area (Å²) in [6.45, 7) is 3.25. The van der Waals surface area contributed by atoms with Crippen molar-refractivity contribution in [2.24, 2.45) is 5.92 Å². The van der Waals surface area contributed by atoms with Gasteiger partial charge in [0.1, 0.15) is 18.0 Å². The van der Waals surface area contributed by atoms with E-state index in [-0.39, 0.29) is 12.5 Å². The van der Waals surface area contributed by atoms with Gasteiger partial charge in [-0.1, -0.05) is 6.92 Å². The van der Waals surface area contributed by atoms with Crippen molar-refractivity contribution in [3.8, 4) is 11.5 Å². The van der Waals surface area contributed by atoms with Crippen molar-refractivity contribution in [1.29, 1.82) is 0 Å². The molecule has 7 nitrogen and oxygen atoms in total. The van der Waals surface area contributed by atoms with Crippen LogP contribution in [0.5, 0.6) is 11.5 Å². The van der Waals surface area contributed by atoms with Crippen LogP contribution in [0.25, 0.3) is 0 Å². The fourth-order valence-electron chi connectivity index (χ4n) is 2.85. The Morgan fingerprint density at radius 1 is 1.24 bits per heavy atom. The van der Waals surface area contributed by atoms with Crippen LogP contribution in [0, 0.1) is 5.92 Å². The molecule has 0 saturated carbocycles. The van der Waals surface area contributed by atoms with E-state index in [0.717, 1.165) is 23.4 Å². The highest BCUT2D eigenvalue weighted by molar-refractivity contribution is 7.92. The summed E-state index contributed by atoms with van der Waals surface area (Å²) in [7, 11) is -0.681. The molecule has 1 aliphatic rings. The van der Waals surface area contributed by atoms with Crippen molar-refractivity contribution in [1.82, 2.24) is 4.90 Å². The number of likely N-dealkylation sites (tertiary alicyclic amines) is 1. The normalized spacial score (nSPS) is 15.8. The number of amides is 1. The standard InChI is InChI=1S/C17H26N2O5S/c1-13-7-9-18(10-8-13)17(20)12-19(25(4,21)22)15-6-5-14(23-2)11-16(15)24-3/h5-6,11,13H,7-10,12H2,1-4H3. The second-order valence-electron chi connectivity index (χ2n) is 6.37. The van der Waals surface area contributed by atoms with Crippen LogP contribution in [0.2, 0.25) is 0 Å². The first-order chi connectivity index (χ1) is 11.8. The van der Waals surface area contributed by atoms with Gasteiger partial charge in [0.15, 0.2) is 0 Å². The van der Waals surface area contributed by atoms with E-state index in [0.29, 0.717) is 36.2 Å². The molecule has 0 aromatic heterocycles. The van der Waals surface area contributed by atoms with Gasteiger partial charge in [-0.05, 0) is 30.9 Å². The van der Waals surface area contributed by atoms with Crippen molar-refractivity contribution in [3.05, 3.63) is 18.2 Å². The van der Waals surface area contributed by atoms with Gasteiger partial charge in [0.25, 0.3) is 0 Å².